The number of sulfonamides is 1. The largest absolute Gasteiger partial charge is 0.492 e. The van der Waals surface area contributed by atoms with Crippen LogP contribution >= 0.6 is 11.6 Å². The predicted octanol–water partition coefficient (Wildman–Crippen LogP) is 1.90. The number of carboxylic acid groups (broad SMARTS) is 1. The first-order valence-electron chi connectivity index (χ1n) is 7.60. The molecule has 0 aliphatic carbocycles. The van der Waals surface area contributed by atoms with Crippen LogP contribution < -0.4 is 9.46 Å². The van der Waals surface area contributed by atoms with Crippen LogP contribution in [0.1, 0.15) is 19.3 Å². The second-order valence-corrected chi connectivity index (χ2v) is 7.70. The Bertz CT molecular complexity index is 673. The first kappa shape index (κ1) is 19.0. The highest BCUT2D eigenvalue weighted by molar-refractivity contribution is 7.89. The molecule has 1 aromatic carbocycles. The number of aliphatic carboxylic acids is 1. The molecule has 1 aliphatic heterocycles. The van der Waals surface area contributed by atoms with Crippen molar-refractivity contribution in [3.63, 3.8) is 0 Å². The zero-order valence-corrected chi connectivity index (χ0v) is 14.6. The fourth-order valence-electron chi connectivity index (χ4n) is 2.26. The van der Waals surface area contributed by atoms with Gasteiger partial charge in [0.2, 0.25) is 10.0 Å². The van der Waals surface area contributed by atoms with Crippen molar-refractivity contribution in [3.8, 4) is 5.75 Å². The molecule has 0 radical (unpaired) electrons. The van der Waals surface area contributed by atoms with Crippen molar-refractivity contribution in [2.45, 2.75) is 24.2 Å². The van der Waals surface area contributed by atoms with Gasteiger partial charge < -0.3 is 14.6 Å². The topological polar surface area (TPSA) is 102 Å². The van der Waals surface area contributed by atoms with Crippen LogP contribution in [0, 0.1) is 5.92 Å². The molecular formula is C15H20ClNO6S. The lowest BCUT2D eigenvalue weighted by atomic mass is 10.1. The number of hydrogen-bond acceptors (Lipinski definition) is 5. The minimum Gasteiger partial charge on any atom is -0.492 e. The summed E-state index contributed by atoms with van der Waals surface area (Å²) < 4.78 is 38.1. The predicted molar refractivity (Wildman–Crippen MR) is 87.9 cm³/mol. The van der Waals surface area contributed by atoms with Crippen LogP contribution in [0.25, 0.3) is 0 Å². The van der Waals surface area contributed by atoms with Crippen LogP contribution in [0.3, 0.4) is 0 Å². The van der Waals surface area contributed by atoms with E-state index in [-0.39, 0.29) is 41.0 Å². The smallest absolute Gasteiger partial charge is 0.303 e. The number of ether oxygens (including phenoxy) is 2. The van der Waals surface area contributed by atoms with E-state index in [1.807, 2.05) is 0 Å². The van der Waals surface area contributed by atoms with Crippen molar-refractivity contribution in [1.82, 2.24) is 4.72 Å². The van der Waals surface area contributed by atoms with Crippen molar-refractivity contribution in [2.24, 2.45) is 5.92 Å². The summed E-state index contributed by atoms with van der Waals surface area (Å²) in [5.74, 6) is -0.517. The lowest BCUT2D eigenvalue weighted by molar-refractivity contribution is -0.137. The van der Waals surface area contributed by atoms with E-state index in [1.165, 1.54) is 12.1 Å². The van der Waals surface area contributed by atoms with Crippen molar-refractivity contribution in [2.75, 3.05) is 26.4 Å². The van der Waals surface area contributed by atoms with Crippen LogP contribution in [0.15, 0.2) is 23.1 Å². The summed E-state index contributed by atoms with van der Waals surface area (Å²) in [5.41, 5.74) is 0. The van der Waals surface area contributed by atoms with Gasteiger partial charge in [0.05, 0.1) is 13.2 Å². The number of halogens is 1. The fraction of sp³-hybridized carbons (Fsp3) is 0.533. The Balaban J connectivity index is 2.05. The molecule has 0 aromatic heterocycles. The molecule has 0 bridgehead atoms. The highest BCUT2D eigenvalue weighted by Gasteiger charge is 2.22. The number of benzene rings is 1. The summed E-state index contributed by atoms with van der Waals surface area (Å²) in [7, 11) is -3.84. The molecule has 7 nitrogen and oxygen atoms in total. The summed E-state index contributed by atoms with van der Waals surface area (Å²) in [5, 5.41) is 8.86. The van der Waals surface area contributed by atoms with Crippen LogP contribution in [0.2, 0.25) is 5.02 Å². The van der Waals surface area contributed by atoms with Gasteiger partial charge in [0, 0.05) is 30.5 Å². The third-order valence-corrected chi connectivity index (χ3v) is 5.27. The second kappa shape index (κ2) is 8.66. The number of hydrogen-bond donors (Lipinski definition) is 2. The van der Waals surface area contributed by atoms with E-state index in [2.05, 4.69) is 4.72 Å². The Morgan fingerprint density at radius 3 is 2.92 bits per heavy atom. The number of rotatable bonds is 9. The first-order valence-corrected chi connectivity index (χ1v) is 9.46. The summed E-state index contributed by atoms with van der Waals surface area (Å²) in [6.45, 7) is 1.67. The lowest BCUT2D eigenvalue weighted by Crippen LogP contribution is -2.26. The van der Waals surface area contributed by atoms with Crippen LogP contribution in [-0.4, -0.2) is 45.9 Å². The van der Waals surface area contributed by atoms with E-state index in [4.69, 9.17) is 26.2 Å². The van der Waals surface area contributed by atoms with Crippen molar-refractivity contribution in [3.05, 3.63) is 23.2 Å². The SMILES string of the molecule is O=C(O)CCCNS(=O)(=O)c1cc(Cl)ccc1OCC1CCOC1. The van der Waals surface area contributed by atoms with Gasteiger partial charge in [-0.05, 0) is 31.0 Å². The lowest BCUT2D eigenvalue weighted by Gasteiger charge is -2.15. The molecule has 9 heteroatoms. The molecule has 0 spiro atoms. The van der Waals surface area contributed by atoms with Gasteiger partial charge in [-0.1, -0.05) is 11.6 Å². The van der Waals surface area contributed by atoms with Crippen molar-refractivity contribution in [1.29, 1.82) is 0 Å². The molecule has 1 aliphatic rings. The minimum absolute atomic E-state index is 0.0249. The fourth-order valence-corrected chi connectivity index (χ4v) is 3.74. The molecule has 2 rings (SSSR count). The van der Waals surface area contributed by atoms with Crippen molar-refractivity contribution < 1.29 is 27.8 Å². The van der Waals surface area contributed by atoms with E-state index < -0.39 is 16.0 Å². The third-order valence-electron chi connectivity index (χ3n) is 3.55. The van der Waals surface area contributed by atoms with Gasteiger partial charge in [0.25, 0.3) is 0 Å². The maximum Gasteiger partial charge on any atom is 0.303 e. The average molecular weight is 378 g/mol. The molecule has 1 heterocycles. The molecule has 24 heavy (non-hydrogen) atoms. The molecule has 1 saturated heterocycles. The van der Waals surface area contributed by atoms with Crippen molar-refractivity contribution >= 4 is 27.6 Å². The van der Waals surface area contributed by atoms with Crippen LogP contribution in [0.5, 0.6) is 5.75 Å². The van der Waals surface area contributed by atoms with Crippen LogP contribution in [-0.2, 0) is 19.6 Å². The van der Waals surface area contributed by atoms with Gasteiger partial charge in [-0.3, -0.25) is 4.79 Å². The van der Waals surface area contributed by atoms with Gasteiger partial charge in [-0.15, -0.1) is 0 Å². The van der Waals surface area contributed by atoms with Gasteiger partial charge in [-0.2, -0.15) is 0 Å². The Morgan fingerprint density at radius 1 is 1.46 bits per heavy atom. The molecule has 0 amide bonds. The first-order chi connectivity index (χ1) is 11.4. The Morgan fingerprint density at radius 2 is 2.25 bits per heavy atom. The molecule has 0 saturated carbocycles. The Kier molecular flexibility index (Phi) is 6.85. The molecule has 1 fully saturated rings. The molecule has 1 atom stereocenters. The molecule has 134 valence electrons. The number of nitrogens with one attached hydrogen (secondary N) is 1. The second-order valence-electron chi connectivity index (χ2n) is 5.53. The zero-order chi connectivity index (χ0) is 17.6. The Hall–Kier alpha value is -1.35. The monoisotopic (exact) mass is 377 g/mol. The standard InChI is InChI=1S/C15H20ClNO6S/c16-12-3-4-13(23-10-11-5-7-22-9-11)14(8-12)24(20,21)17-6-1-2-15(18)19/h3-4,8,11,17H,1-2,5-7,9-10H2,(H,18,19). The zero-order valence-electron chi connectivity index (χ0n) is 13.0. The third kappa shape index (κ3) is 5.62. The molecule has 1 unspecified atom stereocenters. The molecular weight excluding hydrogens is 358 g/mol. The highest BCUT2D eigenvalue weighted by atomic mass is 35.5. The average Bonchev–Trinajstić information content (AvgIpc) is 3.03. The number of carboxylic acids is 1. The van der Waals surface area contributed by atoms with Gasteiger partial charge in [0.15, 0.2) is 0 Å². The van der Waals surface area contributed by atoms with E-state index in [0.717, 1.165) is 6.42 Å². The normalized spacial score (nSPS) is 17.8. The van der Waals surface area contributed by atoms with E-state index in [0.29, 0.717) is 19.8 Å². The van der Waals surface area contributed by atoms with Gasteiger partial charge in [-0.25, -0.2) is 13.1 Å². The minimum atomic E-state index is -3.84. The maximum absolute atomic E-state index is 12.4. The van der Waals surface area contributed by atoms with E-state index in [1.54, 1.807) is 6.07 Å². The maximum atomic E-state index is 12.4. The van der Waals surface area contributed by atoms with Gasteiger partial charge >= 0.3 is 5.97 Å². The summed E-state index contributed by atoms with van der Waals surface area (Å²) in [6, 6.07) is 4.40. The molecule has 1 aromatic rings. The Labute approximate surface area is 146 Å². The summed E-state index contributed by atoms with van der Waals surface area (Å²) in [4.78, 5) is 10.4. The van der Waals surface area contributed by atoms with E-state index in [9.17, 15) is 13.2 Å². The highest BCUT2D eigenvalue weighted by Crippen LogP contribution is 2.28. The van der Waals surface area contributed by atoms with E-state index >= 15 is 0 Å². The summed E-state index contributed by atoms with van der Waals surface area (Å²) in [6.07, 6.45) is 0.969. The quantitative estimate of drug-likeness (QED) is 0.637. The van der Waals surface area contributed by atoms with Gasteiger partial charge in [0.1, 0.15) is 10.6 Å². The molecule has 2 N–H and O–H groups in total. The summed E-state index contributed by atoms with van der Waals surface area (Å²) >= 11 is 5.91. The van der Waals surface area contributed by atoms with Crippen LogP contribution in [0.4, 0.5) is 0 Å². The number of carbonyl (C=O) groups is 1.